The molecule has 0 radical (unpaired) electrons. The first-order valence-corrected chi connectivity index (χ1v) is 6.17. The summed E-state index contributed by atoms with van der Waals surface area (Å²) in [7, 11) is 0. The molecule has 0 bridgehead atoms. The van der Waals surface area contributed by atoms with Gasteiger partial charge in [-0.3, -0.25) is 0 Å². The number of pyridine rings is 1. The van der Waals surface area contributed by atoms with Gasteiger partial charge >= 0.3 is 5.82 Å². The average molecular weight is 256 g/mol. The molecule has 17 heavy (non-hydrogen) atoms. The van der Waals surface area contributed by atoms with Crippen LogP contribution >= 0.6 is 12.6 Å². The van der Waals surface area contributed by atoms with Crippen molar-refractivity contribution in [2.75, 3.05) is 37.3 Å². The van der Waals surface area contributed by atoms with Gasteiger partial charge in [-0.05, 0) is 22.2 Å². The zero-order valence-corrected chi connectivity index (χ0v) is 10.6. The normalized spacial score (nSPS) is 14.8. The van der Waals surface area contributed by atoms with E-state index in [2.05, 4.69) is 27.8 Å². The van der Waals surface area contributed by atoms with Crippen molar-refractivity contribution in [2.45, 2.75) is 0 Å². The Kier molecular flexibility index (Phi) is 5.71. The van der Waals surface area contributed by atoms with E-state index in [4.69, 9.17) is 0 Å². The third-order valence-electron chi connectivity index (χ3n) is 2.40. The van der Waals surface area contributed by atoms with Crippen molar-refractivity contribution in [2.24, 2.45) is 0 Å². The molecule has 0 saturated carbocycles. The number of nitro groups is 1. The summed E-state index contributed by atoms with van der Waals surface area (Å²) < 4.78 is 0. The number of hydrogen-bond donors (Lipinski definition) is 2. The van der Waals surface area contributed by atoms with Gasteiger partial charge in [-0.15, -0.1) is 0 Å². The van der Waals surface area contributed by atoms with Crippen molar-refractivity contribution in [1.82, 2.24) is 10.3 Å². The second kappa shape index (κ2) is 7.08. The molecular formula is C10H16N4O2S. The highest BCUT2D eigenvalue weighted by atomic mass is 32.1. The fourth-order valence-electron chi connectivity index (χ4n) is 1.60. The van der Waals surface area contributed by atoms with E-state index < -0.39 is 4.92 Å². The zero-order chi connectivity index (χ0) is 12.7. The molecule has 1 aliphatic rings. The number of anilines is 1. The van der Waals surface area contributed by atoms with Crippen molar-refractivity contribution in [3.63, 3.8) is 0 Å². The third-order valence-corrected chi connectivity index (χ3v) is 2.40. The summed E-state index contributed by atoms with van der Waals surface area (Å²) in [4.78, 5) is 15.9. The van der Waals surface area contributed by atoms with Crippen LogP contribution in [0.2, 0.25) is 0 Å². The summed E-state index contributed by atoms with van der Waals surface area (Å²) in [6, 6.07) is 3.19. The number of piperazine rings is 1. The Morgan fingerprint density at radius 1 is 1.41 bits per heavy atom. The maximum absolute atomic E-state index is 10.4. The maximum atomic E-state index is 10.4. The highest BCUT2D eigenvalue weighted by molar-refractivity contribution is 7.79. The summed E-state index contributed by atoms with van der Waals surface area (Å²) in [5, 5.41) is 13.7. The van der Waals surface area contributed by atoms with Gasteiger partial charge in [0.05, 0.1) is 5.69 Å². The van der Waals surface area contributed by atoms with Crippen LogP contribution in [0.4, 0.5) is 11.5 Å². The van der Waals surface area contributed by atoms with E-state index in [1.54, 1.807) is 18.5 Å². The van der Waals surface area contributed by atoms with Crippen molar-refractivity contribution in [3.8, 4) is 0 Å². The molecule has 0 aliphatic carbocycles. The zero-order valence-electron chi connectivity index (χ0n) is 9.67. The number of rotatable bonds is 2. The molecule has 0 atom stereocenters. The van der Waals surface area contributed by atoms with Gasteiger partial charge in [0.15, 0.2) is 6.20 Å². The van der Waals surface area contributed by atoms with Gasteiger partial charge in [-0.25, -0.2) is 0 Å². The fraction of sp³-hybridized carbons (Fsp3) is 0.500. The highest BCUT2D eigenvalue weighted by Gasteiger charge is 2.13. The highest BCUT2D eigenvalue weighted by Crippen LogP contribution is 2.16. The van der Waals surface area contributed by atoms with Crippen LogP contribution in [0.25, 0.3) is 0 Å². The van der Waals surface area contributed by atoms with Gasteiger partial charge in [-0.1, -0.05) is 0 Å². The van der Waals surface area contributed by atoms with E-state index in [9.17, 15) is 10.1 Å². The molecule has 1 aliphatic heterocycles. The molecule has 6 nitrogen and oxygen atoms in total. The van der Waals surface area contributed by atoms with Gasteiger partial charge in [0.2, 0.25) is 0 Å². The van der Waals surface area contributed by atoms with Crippen LogP contribution in [0.3, 0.4) is 0 Å². The van der Waals surface area contributed by atoms with Crippen LogP contribution in [0.1, 0.15) is 0 Å². The molecule has 1 aromatic heterocycles. The Bertz CT molecular complexity index is 352. The Morgan fingerprint density at radius 2 is 2.06 bits per heavy atom. The van der Waals surface area contributed by atoms with Crippen molar-refractivity contribution >= 4 is 24.1 Å². The topological polar surface area (TPSA) is 71.3 Å². The van der Waals surface area contributed by atoms with Gasteiger partial charge in [0.1, 0.15) is 0 Å². The lowest BCUT2D eigenvalue weighted by Crippen LogP contribution is -2.43. The van der Waals surface area contributed by atoms with Crippen LogP contribution in [-0.4, -0.2) is 42.3 Å². The molecule has 1 fully saturated rings. The number of nitrogens with one attached hydrogen (secondary N) is 1. The predicted octanol–water partition coefficient (Wildman–Crippen LogP) is 0.945. The molecule has 2 heterocycles. The van der Waals surface area contributed by atoms with Crippen LogP contribution in [0, 0.1) is 10.1 Å². The van der Waals surface area contributed by atoms with Gasteiger partial charge in [-0.2, -0.15) is 12.6 Å². The largest absolute Gasteiger partial charge is 0.366 e. The molecule has 0 unspecified atom stereocenters. The SMILES string of the molecule is CS.O=[N+]([O-])c1ccc(N2CCNCC2)cn1. The summed E-state index contributed by atoms with van der Waals surface area (Å²) in [5.41, 5.74) is 0.946. The summed E-state index contributed by atoms with van der Waals surface area (Å²) >= 11 is 3.53. The minimum atomic E-state index is -0.485. The second-order valence-electron chi connectivity index (χ2n) is 3.37. The average Bonchev–Trinajstić information content (AvgIpc) is 2.42. The van der Waals surface area contributed by atoms with Crippen molar-refractivity contribution < 1.29 is 4.92 Å². The second-order valence-corrected chi connectivity index (χ2v) is 3.37. The van der Waals surface area contributed by atoms with E-state index in [0.717, 1.165) is 31.9 Å². The van der Waals surface area contributed by atoms with Gasteiger partial charge in [0, 0.05) is 32.2 Å². The molecule has 1 N–H and O–H groups in total. The minimum Gasteiger partial charge on any atom is -0.366 e. The lowest BCUT2D eigenvalue weighted by atomic mass is 10.3. The molecule has 0 spiro atoms. The summed E-state index contributed by atoms with van der Waals surface area (Å²) in [6.45, 7) is 3.72. The Hall–Kier alpha value is -1.34. The number of nitrogens with zero attached hydrogens (tertiary/aromatic N) is 3. The first-order chi connectivity index (χ1) is 8.27. The molecule has 94 valence electrons. The Balaban J connectivity index is 0.000000686. The first kappa shape index (κ1) is 13.7. The van der Waals surface area contributed by atoms with E-state index in [1.165, 1.54) is 6.07 Å². The van der Waals surface area contributed by atoms with E-state index in [0.29, 0.717) is 0 Å². The molecule has 0 aromatic carbocycles. The molecular weight excluding hydrogens is 240 g/mol. The van der Waals surface area contributed by atoms with Gasteiger partial charge < -0.3 is 20.3 Å². The summed E-state index contributed by atoms with van der Waals surface area (Å²) in [5.74, 6) is -0.103. The standard InChI is InChI=1S/C9H12N4O2.CH4S/c14-13(15)9-2-1-8(7-11-9)12-5-3-10-4-6-12;1-2/h1-2,7,10H,3-6H2;2H,1H3. The van der Waals surface area contributed by atoms with Crippen LogP contribution in [-0.2, 0) is 0 Å². The fourth-order valence-corrected chi connectivity index (χ4v) is 1.60. The van der Waals surface area contributed by atoms with Crippen LogP contribution in [0.5, 0.6) is 0 Å². The van der Waals surface area contributed by atoms with Gasteiger partial charge in [0.25, 0.3) is 0 Å². The quantitative estimate of drug-likeness (QED) is 0.468. The molecule has 1 saturated heterocycles. The van der Waals surface area contributed by atoms with Crippen LogP contribution in [0.15, 0.2) is 18.3 Å². The van der Waals surface area contributed by atoms with E-state index >= 15 is 0 Å². The minimum absolute atomic E-state index is 0.103. The van der Waals surface area contributed by atoms with Crippen molar-refractivity contribution in [1.29, 1.82) is 0 Å². The molecule has 2 rings (SSSR count). The molecule has 0 amide bonds. The lowest BCUT2D eigenvalue weighted by Gasteiger charge is -2.28. The first-order valence-electron chi connectivity index (χ1n) is 5.28. The smallest absolute Gasteiger partial charge is 0.363 e. The number of thiol groups is 1. The van der Waals surface area contributed by atoms with Crippen molar-refractivity contribution in [3.05, 3.63) is 28.4 Å². The Morgan fingerprint density at radius 3 is 2.53 bits per heavy atom. The molecule has 1 aromatic rings. The van der Waals surface area contributed by atoms with E-state index in [-0.39, 0.29) is 5.82 Å². The predicted molar refractivity (Wildman–Crippen MR) is 70.9 cm³/mol. The lowest BCUT2D eigenvalue weighted by molar-refractivity contribution is -0.389. The monoisotopic (exact) mass is 256 g/mol. The maximum Gasteiger partial charge on any atom is 0.363 e. The molecule has 7 heteroatoms. The number of aromatic nitrogens is 1. The third kappa shape index (κ3) is 3.86. The van der Waals surface area contributed by atoms with Crippen LogP contribution < -0.4 is 10.2 Å². The summed E-state index contributed by atoms with van der Waals surface area (Å²) in [6.07, 6.45) is 3.25. The van der Waals surface area contributed by atoms with E-state index in [1.807, 2.05) is 0 Å². The number of hydrogen-bond acceptors (Lipinski definition) is 6. The Labute approximate surface area is 106 Å².